The third-order valence-electron chi connectivity index (χ3n) is 4.28. The predicted octanol–water partition coefficient (Wildman–Crippen LogP) is 5.44. The maximum absolute atomic E-state index is 12.4. The van der Waals surface area contributed by atoms with Gasteiger partial charge in [0.2, 0.25) is 5.91 Å². The number of hydrogen-bond acceptors (Lipinski definition) is 4. The summed E-state index contributed by atoms with van der Waals surface area (Å²) in [6.07, 6.45) is 0. The summed E-state index contributed by atoms with van der Waals surface area (Å²) in [7, 11) is 1.84. The fourth-order valence-electron chi connectivity index (χ4n) is 3.03. The van der Waals surface area contributed by atoms with Crippen LogP contribution in [0, 0.1) is 20.8 Å². The summed E-state index contributed by atoms with van der Waals surface area (Å²) in [5.74, 6) is 0.761. The molecule has 28 heavy (non-hydrogen) atoms. The molecule has 146 valence electrons. The highest BCUT2D eigenvalue weighted by molar-refractivity contribution is 7.99. The lowest BCUT2D eigenvalue weighted by molar-refractivity contribution is -0.113. The first-order valence-corrected chi connectivity index (χ1v) is 10.4. The molecule has 0 aliphatic heterocycles. The summed E-state index contributed by atoms with van der Waals surface area (Å²) in [5.41, 5.74) is 4.88. The number of thioether (sulfide) groups is 1. The third kappa shape index (κ3) is 4.51. The van der Waals surface area contributed by atoms with Gasteiger partial charge < -0.3 is 9.88 Å². The van der Waals surface area contributed by atoms with E-state index in [4.69, 9.17) is 23.2 Å². The Balaban J connectivity index is 1.70. The number of benzene rings is 2. The van der Waals surface area contributed by atoms with Crippen LogP contribution in [0.15, 0.2) is 35.5 Å². The quantitative estimate of drug-likeness (QED) is 0.542. The van der Waals surface area contributed by atoms with E-state index in [1.807, 2.05) is 32.4 Å². The van der Waals surface area contributed by atoms with Gasteiger partial charge in [0.05, 0.1) is 10.8 Å². The van der Waals surface area contributed by atoms with E-state index >= 15 is 0 Å². The summed E-state index contributed by atoms with van der Waals surface area (Å²) >= 11 is 13.5. The summed E-state index contributed by atoms with van der Waals surface area (Å²) in [4.78, 5) is 12.4. The number of anilines is 1. The van der Waals surface area contributed by atoms with E-state index in [9.17, 15) is 4.79 Å². The molecule has 3 aromatic rings. The summed E-state index contributed by atoms with van der Waals surface area (Å²) < 4.78 is 1.81. The average Bonchev–Trinajstić information content (AvgIpc) is 2.97. The monoisotopic (exact) mass is 434 g/mol. The molecule has 1 aromatic heterocycles. The van der Waals surface area contributed by atoms with Gasteiger partial charge >= 0.3 is 0 Å². The van der Waals surface area contributed by atoms with E-state index in [0.29, 0.717) is 21.0 Å². The van der Waals surface area contributed by atoms with Crippen LogP contribution >= 0.6 is 35.0 Å². The second kappa shape index (κ2) is 8.55. The summed E-state index contributed by atoms with van der Waals surface area (Å²) in [6, 6.07) is 9.34. The Morgan fingerprint density at radius 2 is 1.79 bits per heavy atom. The molecule has 1 N–H and O–H groups in total. The van der Waals surface area contributed by atoms with Gasteiger partial charge in [-0.05, 0) is 50.1 Å². The lowest BCUT2D eigenvalue weighted by Crippen LogP contribution is -2.16. The van der Waals surface area contributed by atoms with Crippen molar-refractivity contribution in [2.24, 2.45) is 7.05 Å². The van der Waals surface area contributed by atoms with E-state index in [1.54, 1.807) is 18.2 Å². The molecule has 5 nitrogen and oxygen atoms in total. The zero-order valence-electron chi connectivity index (χ0n) is 16.0. The molecule has 3 rings (SSSR count). The topological polar surface area (TPSA) is 59.8 Å². The van der Waals surface area contributed by atoms with Gasteiger partial charge in [-0.2, -0.15) is 0 Å². The third-order valence-corrected chi connectivity index (χ3v) is 5.85. The molecular weight excluding hydrogens is 415 g/mol. The van der Waals surface area contributed by atoms with E-state index in [-0.39, 0.29) is 11.7 Å². The van der Waals surface area contributed by atoms with E-state index in [0.717, 1.165) is 22.4 Å². The first-order valence-electron chi connectivity index (χ1n) is 8.61. The molecule has 0 unspecified atom stereocenters. The van der Waals surface area contributed by atoms with Crippen LogP contribution in [0.1, 0.15) is 16.7 Å². The van der Waals surface area contributed by atoms with Crippen molar-refractivity contribution in [2.45, 2.75) is 25.9 Å². The zero-order chi connectivity index (χ0) is 20.4. The standard InChI is InChI=1S/C20H20Cl2N4OS/c1-11-7-12(2)18(13(3)8-11)23-17(27)10-28-20-25-24-19(26(20)4)15-6-5-14(21)9-16(15)22/h5-9H,10H2,1-4H3,(H,23,27). The Morgan fingerprint density at radius 3 is 2.43 bits per heavy atom. The van der Waals surface area contributed by atoms with Crippen molar-refractivity contribution in [3.05, 3.63) is 57.1 Å². The van der Waals surface area contributed by atoms with Gasteiger partial charge in [0, 0.05) is 23.3 Å². The molecule has 0 bridgehead atoms. The molecule has 0 radical (unpaired) electrons. The molecule has 0 saturated heterocycles. The molecule has 0 saturated carbocycles. The van der Waals surface area contributed by atoms with Crippen molar-refractivity contribution in [1.82, 2.24) is 14.8 Å². The van der Waals surface area contributed by atoms with Gasteiger partial charge in [0.25, 0.3) is 0 Å². The Morgan fingerprint density at radius 1 is 1.11 bits per heavy atom. The van der Waals surface area contributed by atoms with Gasteiger partial charge in [-0.3, -0.25) is 4.79 Å². The molecule has 1 heterocycles. The molecule has 1 amide bonds. The highest BCUT2D eigenvalue weighted by Gasteiger charge is 2.16. The van der Waals surface area contributed by atoms with Crippen LogP contribution in [0.3, 0.4) is 0 Å². The van der Waals surface area contributed by atoms with Crippen LogP contribution < -0.4 is 5.32 Å². The van der Waals surface area contributed by atoms with Crippen molar-refractivity contribution in [2.75, 3.05) is 11.1 Å². The summed E-state index contributed by atoms with van der Waals surface area (Å²) in [6.45, 7) is 6.03. The second-order valence-electron chi connectivity index (χ2n) is 6.60. The maximum Gasteiger partial charge on any atom is 0.234 e. The second-order valence-corrected chi connectivity index (χ2v) is 8.39. The molecule has 8 heteroatoms. The normalized spacial score (nSPS) is 10.9. The van der Waals surface area contributed by atoms with Gasteiger partial charge in [-0.25, -0.2) is 0 Å². The predicted molar refractivity (Wildman–Crippen MR) is 116 cm³/mol. The number of carbonyl (C=O) groups is 1. The van der Waals surface area contributed by atoms with Crippen LogP contribution in [0.25, 0.3) is 11.4 Å². The molecular formula is C20H20Cl2N4OS. The number of rotatable bonds is 5. The van der Waals surface area contributed by atoms with Crippen molar-refractivity contribution in [3.63, 3.8) is 0 Å². The number of nitrogens with zero attached hydrogens (tertiary/aromatic N) is 3. The lowest BCUT2D eigenvalue weighted by atomic mass is 10.1. The number of hydrogen-bond donors (Lipinski definition) is 1. The summed E-state index contributed by atoms with van der Waals surface area (Å²) in [5, 5.41) is 13.1. The van der Waals surface area contributed by atoms with Gasteiger partial charge in [0.15, 0.2) is 11.0 Å². The van der Waals surface area contributed by atoms with Crippen molar-refractivity contribution in [1.29, 1.82) is 0 Å². The number of aryl methyl sites for hydroxylation is 3. The highest BCUT2D eigenvalue weighted by atomic mass is 35.5. The minimum atomic E-state index is -0.0888. The number of nitrogens with one attached hydrogen (secondary N) is 1. The average molecular weight is 435 g/mol. The minimum Gasteiger partial charge on any atom is -0.325 e. The van der Waals surface area contributed by atoms with E-state index < -0.39 is 0 Å². The Kier molecular flexibility index (Phi) is 6.33. The van der Waals surface area contributed by atoms with Crippen molar-refractivity contribution in [3.8, 4) is 11.4 Å². The van der Waals surface area contributed by atoms with Gasteiger partial charge in [-0.1, -0.05) is 52.7 Å². The Hall–Kier alpha value is -2.02. The smallest absolute Gasteiger partial charge is 0.234 e. The van der Waals surface area contributed by atoms with Crippen LogP contribution in [0.5, 0.6) is 0 Å². The lowest BCUT2D eigenvalue weighted by Gasteiger charge is -2.12. The van der Waals surface area contributed by atoms with Gasteiger partial charge in [0.1, 0.15) is 0 Å². The van der Waals surface area contributed by atoms with Crippen molar-refractivity contribution >= 4 is 46.6 Å². The van der Waals surface area contributed by atoms with Crippen molar-refractivity contribution < 1.29 is 4.79 Å². The number of halogens is 2. The molecule has 0 atom stereocenters. The number of carbonyl (C=O) groups excluding carboxylic acids is 1. The van der Waals surface area contributed by atoms with E-state index in [2.05, 4.69) is 27.6 Å². The molecule has 0 fully saturated rings. The first kappa shape index (κ1) is 20.7. The Bertz CT molecular complexity index is 1030. The molecule has 2 aromatic carbocycles. The first-order chi connectivity index (χ1) is 13.3. The number of aromatic nitrogens is 3. The fourth-order valence-corrected chi connectivity index (χ4v) is 4.23. The molecule has 0 aliphatic rings. The molecule has 0 aliphatic carbocycles. The van der Waals surface area contributed by atoms with Crippen LogP contribution in [0.2, 0.25) is 10.0 Å². The Labute approximate surface area is 178 Å². The fraction of sp³-hybridized carbons (Fsp3) is 0.250. The van der Waals surface area contributed by atoms with E-state index in [1.165, 1.54) is 17.3 Å². The van der Waals surface area contributed by atoms with Crippen LogP contribution in [-0.4, -0.2) is 26.4 Å². The number of amides is 1. The highest BCUT2D eigenvalue weighted by Crippen LogP contribution is 2.31. The SMILES string of the molecule is Cc1cc(C)c(NC(=O)CSc2nnc(-c3ccc(Cl)cc3Cl)n2C)c(C)c1. The van der Waals surface area contributed by atoms with Gasteiger partial charge in [-0.15, -0.1) is 10.2 Å². The minimum absolute atomic E-state index is 0.0888. The zero-order valence-corrected chi connectivity index (χ0v) is 18.3. The maximum atomic E-state index is 12.4. The van der Waals surface area contributed by atoms with Crippen LogP contribution in [0.4, 0.5) is 5.69 Å². The van der Waals surface area contributed by atoms with Crippen LogP contribution in [-0.2, 0) is 11.8 Å². The molecule has 0 spiro atoms. The largest absolute Gasteiger partial charge is 0.325 e.